The van der Waals surface area contributed by atoms with E-state index in [1.807, 2.05) is 30.3 Å². The first kappa shape index (κ1) is 20.9. The maximum atomic E-state index is 5.92. The van der Waals surface area contributed by atoms with Crippen LogP contribution in [0, 0.1) is 5.92 Å². The quantitative estimate of drug-likeness (QED) is 0.446. The van der Waals surface area contributed by atoms with E-state index in [1.165, 1.54) is 19.3 Å². The Kier molecular flexibility index (Phi) is 12.4. The van der Waals surface area contributed by atoms with Gasteiger partial charge in [-0.15, -0.1) is 0 Å². The fraction of sp³-hybridized carbons (Fsp3) is 0.700. The number of para-hydroxylation sites is 1. The van der Waals surface area contributed by atoms with E-state index in [2.05, 4.69) is 13.8 Å². The van der Waals surface area contributed by atoms with Crippen molar-refractivity contribution in [3.8, 4) is 5.75 Å². The molecule has 0 amide bonds. The monoisotopic (exact) mass is 338 g/mol. The molecular weight excluding hydrogens is 304 g/mol. The Bertz CT molecular complexity index is 382. The molecule has 4 nitrogen and oxygen atoms in total. The molecule has 1 rings (SSSR count). The van der Waals surface area contributed by atoms with Gasteiger partial charge < -0.3 is 18.9 Å². The Morgan fingerprint density at radius 3 is 2.42 bits per heavy atom. The highest BCUT2D eigenvalue weighted by Crippen LogP contribution is 2.14. The third-order valence-corrected chi connectivity index (χ3v) is 4.02. The van der Waals surface area contributed by atoms with Crippen LogP contribution in [-0.4, -0.2) is 46.2 Å². The molecule has 1 aromatic carbocycles. The Morgan fingerprint density at radius 2 is 1.75 bits per heavy atom. The van der Waals surface area contributed by atoms with Gasteiger partial charge in [0.25, 0.3) is 0 Å². The summed E-state index contributed by atoms with van der Waals surface area (Å²) >= 11 is 0. The Labute approximate surface area is 147 Å². The smallest absolute Gasteiger partial charge is 0.119 e. The van der Waals surface area contributed by atoms with Gasteiger partial charge in [-0.1, -0.05) is 51.3 Å². The van der Waals surface area contributed by atoms with Crippen LogP contribution in [0.1, 0.15) is 39.5 Å². The molecule has 1 aromatic rings. The summed E-state index contributed by atoms with van der Waals surface area (Å²) in [6.07, 6.45) is 4.83. The van der Waals surface area contributed by atoms with Gasteiger partial charge in [0.1, 0.15) is 18.5 Å². The lowest BCUT2D eigenvalue weighted by Crippen LogP contribution is -2.29. The van der Waals surface area contributed by atoms with E-state index in [0.29, 0.717) is 32.3 Å². The minimum absolute atomic E-state index is 0.0796. The van der Waals surface area contributed by atoms with Gasteiger partial charge in [0.15, 0.2) is 0 Å². The van der Waals surface area contributed by atoms with E-state index in [4.69, 9.17) is 18.9 Å². The topological polar surface area (TPSA) is 36.9 Å². The fourth-order valence-electron chi connectivity index (χ4n) is 2.41. The molecule has 0 radical (unpaired) electrons. The lowest BCUT2D eigenvalue weighted by Gasteiger charge is -2.21. The van der Waals surface area contributed by atoms with E-state index in [9.17, 15) is 0 Å². The molecular formula is C20H34O4. The summed E-state index contributed by atoms with van der Waals surface area (Å²) in [6.45, 7) is 7.43. The Balaban J connectivity index is 2.34. The Morgan fingerprint density at radius 1 is 0.958 bits per heavy atom. The lowest BCUT2D eigenvalue weighted by atomic mass is 10.0. The van der Waals surface area contributed by atoms with Crippen molar-refractivity contribution in [1.82, 2.24) is 0 Å². The maximum Gasteiger partial charge on any atom is 0.119 e. The fourth-order valence-corrected chi connectivity index (χ4v) is 2.41. The molecule has 2 unspecified atom stereocenters. The number of methoxy groups -OCH3 is 1. The van der Waals surface area contributed by atoms with Gasteiger partial charge in [-0.05, 0) is 24.5 Å². The summed E-state index contributed by atoms with van der Waals surface area (Å²) in [5.74, 6) is 1.49. The second-order valence-electron chi connectivity index (χ2n) is 6.06. The number of benzene rings is 1. The number of ether oxygens (including phenoxy) is 4. The molecule has 0 fully saturated rings. The summed E-state index contributed by atoms with van der Waals surface area (Å²) in [7, 11) is 1.68. The van der Waals surface area contributed by atoms with Crippen LogP contribution in [0.4, 0.5) is 0 Å². The van der Waals surface area contributed by atoms with Crippen molar-refractivity contribution < 1.29 is 18.9 Å². The maximum absolute atomic E-state index is 5.92. The summed E-state index contributed by atoms with van der Waals surface area (Å²) in [4.78, 5) is 0. The van der Waals surface area contributed by atoms with Gasteiger partial charge in [-0.3, -0.25) is 0 Å². The van der Waals surface area contributed by atoms with E-state index in [-0.39, 0.29) is 6.10 Å². The van der Waals surface area contributed by atoms with Crippen molar-refractivity contribution in [2.24, 2.45) is 5.92 Å². The first-order chi connectivity index (χ1) is 11.8. The number of unbranched alkanes of at least 4 members (excludes halogenated alkanes) is 1. The van der Waals surface area contributed by atoms with Crippen molar-refractivity contribution in [2.75, 3.05) is 40.1 Å². The van der Waals surface area contributed by atoms with Gasteiger partial charge in [0, 0.05) is 13.7 Å². The second kappa shape index (κ2) is 14.3. The molecule has 24 heavy (non-hydrogen) atoms. The third kappa shape index (κ3) is 9.91. The van der Waals surface area contributed by atoms with Crippen LogP contribution < -0.4 is 4.74 Å². The lowest BCUT2D eigenvalue weighted by molar-refractivity contribution is -0.0561. The Hall–Kier alpha value is -1.10. The molecule has 0 N–H and O–H groups in total. The van der Waals surface area contributed by atoms with Crippen LogP contribution in [-0.2, 0) is 14.2 Å². The molecule has 0 spiro atoms. The van der Waals surface area contributed by atoms with Crippen LogP contribution >= 0.6 is 0 Å². The van der Waals surface area contributed by atoms with E-state index < -0.39 is 0 Å². The molecule has 0 aliphatic rings. The largest absolute Gasteiger partial charge is 0.491 e. The minimum Gasteiger partial charge on any atom is -0.491 e. The average molecular weight is 338 g/mol. The minimum atomic E-state index is -0.0796. The van der Waals surface area contributed by atoms with E-state index in [1.54, 1.807) is 7.11 Å². The molecule has 0 saturated carbocycles. The molecule has 138 valence electrons. The molecule has 0 heterocycles. The molecule has 0 bridgehead atoms. The number of rotatable bonds is 15. The molecule has 2 atom stereocenters. The third-order valence-electron chi connectivity index (χ3n) is 4.02. The van der Waals surface area contributed by atoms with E-state index >= 15 is 0 Å². The van der Waals surface area contributed by atoms with Crippen molar-refractivity contribution in [3.05, 3.63) is 30.3 Å². The SMILES string of the molecule is CCCCC(CC)COCC(COc1ccccc1)OCCOC. The van der Waals surface area contributed by atoms with Gasteiger partial charge in [-0.25, -0.2) is 0 Å². The van der Waals surface area contributed by atoms with Crippen LogP contribution in [0.3, 0.4) is 0 Å². The zero-order valence-corrected chi connectivity index (χ0v) is 15.5. The first-order valence-corrected chi connectivity index (χ1v) is 9.16. The highest BCUT2D eigenvalue weighted by molar-refractivity contribution is 5.20. The van der Waals surface area contributed by atoms with Crippen molar-refractivity contribution in [1.29, 1.82) is 0 Å². The van der Waals surface area contributed by atoms with Gasteiger partial charge in [0.2, 0.25) is 0 Å². The van der Waals surface area contributed by atoms with Crippen molar-refractivity contribution in [2.45, 2.75) is 45.6 Å². The molecule has 0 aliphatic heterocycles. The van der Waals surface area contributed by atoms with Crippen molar-refractivity contribution in [3.63, 3.8) is 0 Å². The summed E-state index contributed by atoms with van der Waals surface area (Å²) in [5.41, 5.74) is 0. The normalized spacial score (nSPS) is 13.6. The molecule has 0 aromatic heterocycles. The van der Waals surface area contributed by atoms with E-state index in [0.717, 1.165) is 18.8 Å². The summed E-state index contributed by atoms with van der Waals surface area (Å²) in [6, 6.07) is 9.80. The number of hydrogen-bond acceptors (Lipinski definition) is 4. The zero-order chi connectivity index (χ0) is 17.5. The molecule has 0 aliphatic carbocycles. The van der Waals surface area contributed by atoms with Gasteiger partial charge in [-0.2, -0.15) is 0 Å². The highest BCUT2D eigenvalue weighted by atomic mass is 16.6. The molecule has 0 saturated heterocycles. The first-order valence-electron chi connectivity index (χ1n) is 9.16. The van der Waals surface area contributed by atoms with Crippen LogP contribution in [0.25, 0.3) is 0 Å². The van der Waals surface area contributed by atoms with Crippen molar-refractivity contribution >= 4 is 0 Å². The predicted molar refractivity (Wildman–Crippen MR) is 97.7 cm³/mol. The van der Waals surface area contributed by atoms with Crippen LogP contribution in [0.2, 0.25) is 0 Å². The highest BCUT2D eigenvalue weighted by Gasteiger charge is 2.13. The molecule has 4 heteroatoms. The summed E-state index contributed by atoms with van der Waals surface area (Å²) < 4.78 is 22.6. The zero-order valence-electron chi connectivity index (χ0n) is 15.5. The standard InChI is InChI=1S/C20H34O4/c1-4-6-10-18(5-2)15-22-16-20(23-14-13-21-3)17-24-19-11-8-7-9-12-19/h7-9,11-12,18,20H,4-6,10,13-17H2,1-3H3. The number of hydrogen-bond donors (Lipinski definition) is 0. The van der Waals surface area contributed by atoms with Crippen LogP contribution in [0.5, 0.6) is 5.75 Å². The summed E-state index contributed by atoms with van der Waals surface area (Å²) in [5, 5.41) is 0. The average Bonchev–Trinajstić information content (AvgIpc) is 2.63. The van der Waals surface area contributed by atoms with Gasteiger partial charge in [0.05, 0.1) is 19.8 Å². The predicted octanol–water partition coefficient (Wildman–Crippen LogP) is 4.33. The van der Waals surface area contributed by atoms with Crippen LogP contribution in [0.15, 0.2) is 30.3 Å². The van der Waals surface area contributed by atoms with Gasteiger partial charge >= 0.3 is 0 Å². The second-order valence-corrected chi connectivity index (χ2v) is 6.06.